The second-order valence-electron chi connectivity index (χ2n) is 1.82. The van der Waals surface area contributed by atoms with Gasteiger partial charge in [-0.2, -0.15) is 0 Å². The summed E-state index contributed by atoms with van der Waals surface area (Å²) in [5.74, 6) is 0. The Morgan fingerprint density at radius 1 is 1.50 bits per heavy atom. The maximum absolute atomic E-state index is 5.15. The molecule has 0 amide bonds. The molecule has 0 spiro atoms. The molecule has 1 nitrogen and oxygen atoms in total. The molecule has 0 radical (unpaired) electrons. The molecule has 1 heterocycles. The zero-order valence-corrected chi connectivity index (χ0v) is 8.45. The van der Waals surface area contributed by atoms with Crippen molar-refractivity contribution >= 4 is 0 Å². The zero-order chi connectivity index (χ0) is 4.41. The van der Waals surface area contributed by atoms with Crippen molar-refractivity contribution in [1.82, 2.24) is 0 Å². The minimum atomic E-state index is 0. The first-order chi connectivity index (χ1) is 2.89. The number of ether oxygens (including phenoxy) is 1. The van der Waals surface area contributed by atoms with Gasteiger partial charge in [0, 0.05) is 27.7 Å². The standard InChI is InChI=1S/C5H10O.CH3.W/c1-5-3-2-4-6-5;;/h5H,2-4H2,1H3;1H3;/q;-1;. The normalized spacial score (nSPS) is 25.9. The van der Waals surface area contributed by atoms with Gasteiger partial charge in [-0.1, -0.05) is 0 Å². The molecule has 8 heavy (non-hydrogen) atoms. The molecule has 1 saturated heterocycles. The van der Waals surface area contributed by atoms with Gasteiger partial charge < -0.3 is 12.2 Å². The molecule has 0 aromatic rings. The summed E-state index contributed by atoms with van der Waals surface area (Å²) >= 11 is 0. The average Bonchev–Trinajstić information content (AvgIpc) is 1.86. The van der Waals surface area contributed by atoms with Crippen molar-refractivity contribution in [3.8, 4) is 0 Å². The first-order valence-corrected chi connectivity index (χ1v) is 2.51. The van der Waals surface area contributed by atoms with Crippen molar-refractivity contribution in [3.05, 3.63) is 7.43 Å². The van der Waals surface area contributed by atoms with E-state index < -0.39 is 0 Å². The molecule has 1 aliphatic rings. The Balaban J connectivity index is 0. The van der Waals surface area contributed by atoms with Gasteiger partial charge in [0.25, 0.3) is 0 Å². The van der Waals surface area contributed by atoms with E-state index in [1.165, 1.54) is 12.8 Å². The first-order valence-electron chi connectivity index (χ1n) is 2.51. The molecule has 0 bridgehead atoms. The van der Waals surface area contributed by atoms with Crippen LogP contribution in [0.1, 0.15) is 19.8 Å². The van der Waals surface area contributed by atoms with Crippen LogP contribution in [0.25, 0.3) is 0 Å². The third-order valence-electron chi connectivity index (χ3n) is 1.16. The van der Waals surface area contributed by atoms with E-state index in [-0.39, 0.29) is 28.5 Å². The molecular formula is C6H13OW-. The summed E-state index contributed by atoms with van der Waals surface area (Å²) in [6.45, 7) is 3.11. The van der Waals surface area contributed by atoms with Crippen LogP contribution < -0.4 is 0 Å². The minimum absolute atomic E-state index is 0. The number of hydrogen-bond donors (Lipinski definition) is 0. The van der Waals surface area contributed by atoms with Gasteiger partial charge in [0.05, 0.1) is 6.10 Å². The van der Waals surface area contributed by atoms with E-state index >= 15 is 0 Å². The van der Waals surface area contributed by atoms with Gasteiger partial charge in [-0.05, 0) is 19.8 Å². The first kappa shape index (κ1) is 11.4. The fourth-order valence-electron chi connectivity index (χ4n) is 0.739. The summed E-state index contributed by atoms with van der Waals surface area (Å²) in [5, 5.41) is 0. The summed E-state index contributed by atoms with van der Waals surface area (Å²) in [7, 11) is 0. The van der Waals surface area contributed by atoms with Crippen LogP contribution in [-0.4, -0.2) is 12.7 Å². The van der Waals surface area contributed by atoms with Crippen molar-refractivity contribution in [3.63, 3.8) is 0 Å². The third kappa shape index (κ3) is 3.63. The summed E-state index contributed by atoms with van der Waals surface area (Å²) in [6.07, 6.45) is 3.08. The van der Waals surface area contributed by atoms with E-state index in [1.54, 1.807) is 0 Å². The van der Waals surface area contributed by atoms with Gasteiger partial charge in [-0.3, -0.25) is 0 Å². The van der Waals surface area contributed by atoms with Gasteiger partial charge in [0.15, 0.2) is 0 Å². The van der Waals surface area contributed by atoms with Gasteiger partial charge >= 0.3 is 0 Å². The van der Waals surface area contributed by atoms with E-state index in [9.17, 15) is 0 Å². The third-order valence-corrected chi connectivity index (χ3v) is 1.16. The van der Waals surface area contributed by atoms with Crippen molar-refractivity contribution in [2.75, 3.05) is 6.61 Å². The van der Waals surface area contributed by atoms with Crippen molar-refractivity contribution in [1.29, 1.82) is 0 Å². The predicted molar refractivity (Wildman–Crippen MR) is 31.1 cm³/mol. The summed E-state index contributed by atoms with van der Waals surface area (Å²) in [4.78, 5) is 0. The molecule has 1 fully saturated rings. The van der Waals surface area contributed by atoms with E-state index in [4.69, 9.17) is 4.74 Å². The summed E-state index contributed by atoms with van der Waals surface area (Å²) in [6, 6.07) is 0. The Bertz CT molecular complexity index is 41.8. The molecule has 0 aromatic heterocycles. The molecule has 1 rings (SSSR count). The molecule has 1 unspecified atom stereocenters. The molecule has 2 heteroatoms. The second-order valence-corrected chi connectivity index (χ2v) is 1.82. The Labute approximate surface area is 66.1 Å². The minimum Gasteiger partial charge on any atom is -0.379 e. The van der Waals surface area contributed by atoms with Gasteiger partial charge in [-0.15, -0.1) is 0 Å². The Morgan fingerprint density at radius 2 is 2.12 bits per heavy atom. The maximum Gasteiger partial charge on any atom is 0.0547 e. The monoisotopic (exact) mass is 285 g/mol. The van der Waals surface area contributed by atoms with Crippen molar-refractivity contribution < 1.29 is 25.8 Å². The molecule has 50 valence electrons. The van der Waals surface area contributed by atoms with Crippen LogP contribution in [0.2, 0.25) is 0 Å². The Morgan fingerprint density at radius 3 is 2.25 bits per heavy atom. The molecule has 0 saturated carbocycles. The van der Waals surface area contributed by atoms with Gasteiger partial charge in [0.2, 0.25) is 0 Å². The van der Waals surface area contributed by atoms with Gasteiger partial charge in [0.1, 0.15) is 0 Å². The molecule has 0 aliphatic carbocycles. The Kier molecular flexibility index (Phi) is 8.27. The quantitative estimate of drug-likeness (QED) is 0.615. The van der Waals surface area contributed by atoms with Crippen LogP contribution in [0.15, 0.2) is 0 Å². The smallest absolute Gasteiger partial charge is 0.0547 e. The SMILES string of the molecule is CC1CCCO1.[CH3-].[W]. The zero-order valence-electron chi connectivity index (χ0n) is 5.52. The molecule has 1 atom stereocenters. The van der Waals surface area contributed by atoms with Crippen LogP contribution in [-0.2, 0) is 25.8 Å². The van der Waals surface area contributed by atoms with Crippen LogP contribution in [0.5, 0.6) is 0 Å². The molecular weight excluding hydrogens is 272 g/mol. The number of rotatable bonds is 0. The predicted octanol–water partition coefficient (Wildman–Crippen LogP) is 1.63. The van der Waals surface area contributed by atoms with Gasteiger partial charge in [-0.25, -0.2) is 0 Å². The van der Waals surface area contributed by atoms with E-state index in [2.05, 4.69) is 6.92 Å². The van der Waals surface area contributed by atoms with E-state index in [0.29, 0.717) is 6.10 Å². The van der Waals surface area contributed by atoms with E-state index in [0.717, 1.165) is 6.61 Å². The second kappa shape index (κ2) is 5.78. The van der Waals surface area contributed by atoms with Crippen LogP contribution in [0, 0.1) is 7.43 Å². The van der Waals surface area contributed by atoms with Crippen LogP contribution in [0.3, 0.4) is 0 Å². The fraction of sp³-hybridized carbons (Fsp3) is 0.833. The fourth-order valence-corrected chi connectivity index (χ4v) is 0.739. The molecule has 0 aromatic carbocycles. The van der Waals surface area contributed by atoms with Crippen molar-refractivity contribution in [2.24, 2.45) is 0 Å². The summed E-state index contributed by atoms with van der Waals surface area (Å²) in [5.41, 5.74) is 0. The van der Waals surface area contributed by atoms with Crippen molar-refractivity contribution in [2.45, 2.75) is 25.9 Å². The summed E-state index contributed by atoms with van der Waals surface area (Å²) < 4.78 is 5.15. The number of hydrogen-bond acceptors (Lipinski definition) is 1. The van der Waals surface area contributed by atoms with E-state index in [1.807, 2.05) is 0 Å². The van der Waals surface area contributed by atoms with Crippen LogP contribution in [0.4, 0.5) is 0 Å². The Hall–Kier alpha value is 0.648. The molecule has 1 aliphatic heterocycles. The average molecular weight is 285 g/mol. The molecule has 0 N–H and O–H groups in total. The topological polar surface area (TPSA) is 9.23 Å². The largest absolute Gasteiger partial charge is 0.379 e. The maximum atomic E-state index is 5.15. The van der Waals surface area contributed by atoms with Crippen LogP contribution >= 0.6 is 0 Å².